The van der Waals surface area contributed by atoms with Crippen LogP contribution in [0, 0.1) is 13.8 Å². The summed E-state index contributed by atoms with van der Waals surface area (Å²) in [5, 5.41) is 6.48. The third-order valence-corrected chi connectivity index (χ3v) is 5.56. The minimum atomic E-state index is -3.42. The molecule has 1 saturated heterocycles. The lowest BCUT2D eigenvalue weighted by atomic mass is 10.2. The van der Waals surface area contributed by atoms with E-state index in [1.165, 1.54) is 0 Å². The summed E-state index contributed by atoms with van der Waals surface area (Å²) in [5.41, 5.74) is 1.77. The van der Waals surface area contributed by atoms with E-state index in [0.717, 1.165) is 24.2 Å². The third kappa shape index (κ3) is 3.58. The first kappa shape index (κ1) is 15.4. The molecule has 0 unspecified atom stereocenters. The molecule has 5 nitrogen and oxygen atoms in total. The molecule has 0 bridgehead atoms. The highest BCUT2D eigenvalue weighted by Gasteiger charge is 2.25. The van der Waals surface area contributed by atoms with Gasteiger partial charge >= 0.3 is 0 Å². The van der Waals surface area contributed by atoms with E-state index in [4.69, 9.17) is 0 Å². The summed E-state index contributed by atoms with van der Waals surface area (Å²) in [5.74, 6) is 0. The molecule has 1 aromatic carbocycles. The fourth-order valence-corrected chi connectivity index (χ4v) is 4.06. The maximum atomic E-state index is 12.8. The highest BCUT2D eigenvalue weighted by Crippen LogP contribution is 2.20. The first-order valence-electron chi connectivity index (χ1n) is 7.00. The Hall–Kier alpha value is -0.950. The summed E-state index contributed by atoms with van der Waals surface area (Å²) < 4.78 is 27.2. The highest BCUT2D eigenvalue weighted by atomic mass is 32.2. The number of hydrogen-bond acceptors (Lipinski definition) is 4. The van der Waals surface area contributed by atoms with Crippen molar-refractivity contribution in [3.05, 3.63) is 29.3 Å². The van der Waals surface area contributed by atoms with E-state index in [1.54, 1.807) is 10.4 Å². The van der Waals surface area contributed by atoms with Crippen LogP contribution in [0.15, 0.2) is 23.1 Å². The molecule has 1 aromatic rings. The van der Waals surface area contributed by atoms with Gasteiger partial charge in [-0.2, -0.15) is 4.31 Å². The van der Waals surface area contributed by atoms with Crippen molar-refractivity contribution >= 4 is 10.0 Å². The van der Waals surface area contributed by atoms with Crippen LogP contribution in [0.4, 0.5) is 0 Å². The molecule has 1 fully saturated rings. The summed E-state index contributed by atoms with van der Waals surface area (Å²) >= 11 is 0. The van der Waals surface area contributed by atoms with Crippen molar-refractivity contribution in [2.24, 2.45) is 0 Å². The zero-order chi connectivity index (χ0) is 14.6. The normalized spacial score (nSPS) is 19.1. The van der Waals surface area contributed by atoms with Crippen molar-refractivity contribution in [3.63, 3.8) is 0 Å². The molecule has 1 aliphatic heterocycles. The minimum absolute atomic E-state index is 0.428. The maximum absolute atomic E-state index is 12.8. The van der Waals surface area contributed by atoms with Crippen molar-refractivity contribution in [3.8, 4) is 0 Å². The number of rotatable bonds is 2. The molecular formula is C14H23N3O2S. The largest absolute Gasteiger partial charge is 0.314 e. The van der Waals surface area contributed by atoms with E-state index in [1.807, 2.05) is 26.0 Å². The number of sulfonamides is 1. The van der Waals surface area contributed by atoms with Gasteiger partial charge in [0.1, 0.15) is 0 Å². The Kier molecular flexibility index (Phi) is 5.15. The van der Waals surface area contributed by atoms with Gasteiger partial charge in [-0.3, -0.25) is 0 Å². The predicted molar refractivity (Wildman–Crippen MR) is 80.4 cm³/mol. The van der Waals surface area contributed by atoms with Crippen LogP contribution in [0.25, 0.3) is 0 Å². The predicted octanol–water partition coefficient (Wildman–Crippen LogP) is 0.487. The second kappa shape index (κ2) is 6.67. The first-order chi connectivity index (χ1) is 9.51. The molecule has 1 aliphatic rings. The average Bonchev–Trinajstić information content (AvgIpc) is 2.55. The maximum Gasteiger partial charge on any atom is 0.243 e. The molecule has 0 aromatic heterocycles. The van der Waals surface area contributed by atoms with Crippen LogP contribution < -0.4 is 10.6 Å². The van der Waals surface area contributed by atoms with E-state index in [-0.39, 0.29) is 0 Å². The van der Waals surface area contributed by atoms with Crippen LogP contribution in [-0.2, 0) is 10.0 Å². The average molecular weight is 297 g/mol. The van der Waals surface area contributed by atoms with Crippen molar-refractivity contribution in [2.75, 3.05) is 39.3 Å². The van der Waals surface area contributed by atoms with E-state index in [0.29, 0.717) is 31.1 Å². The van der Waals surface area contributed by atoms with E-state index in [9.17, 15) is 8.42 Å². The lowest BCUT2D eigenvalue weighted by molar-refractivity contribution is 0.414. The summed E-state index contributed by atoms with van der Waals surface area (Å²) in [6.07, 6.45) is 0. The molecule has 6 heteroatoms. The van der Waals surface area contributed by atoms with Crippen LogP contribution in [0.2, 0.25) is 0 Å². The fraction of sp³-hybridized carbons (Fsp3) is 0.571. The zero-order valence-corrected chi connectivity index (χ0v) is 13.0. The molecule has 0 amide bonds. The molecule has 20 heavy (non-hydrogen) atoms. The molecule has 1 heterocycles. The Morgan fingerprint density at radius 2 is 1.60 bits per heavy atom. The Labute approximate surface area is 121 Å². The molecule has 112 valence electrons. The van der Waals surface area contributed by atoms with Gasteiger partial charge in [0.15, 0.2) is 0 Å². The summed E-state index contributed by atoms with van der Waals surface area (Å²) in [6.45, 7) is 7.90. The Balaban J connectivity index is 2.29. The van der Waals surface area contributed by atoms with Gasteiger partial charge in [0.2, 0.25) is 10.0 Å². The SMILES string of the molecule is Cc1ccc(C)c(S(=O)(=O)N2CCNCCNCC2)c1. The molecule has 2 rings (SSSR count). The molecule has 0 spiro atoms. The second-order valence-corrected chi connectivity index (χ2v) is 7.08. The first-order valence-corrected chi connectivity index (χ1v) is 8.44. The zero-order valence-electron chi connectivity index (χ0n) is 12.1. The lowest BCUT2D eigenvalue weighted by Gasteiger charge is -2.22. The van der Waals surface area contributed by atoms with Crippen LogP contribution in [0.5, 0.6) is 0 Å². The topological polar surface area (TPSA) is 61.4 Å². The van der Waals surface area contributed by atoms with Crippen LogP contribution in [0.3, 0.4) is 0 Å². The van der Waals surface area contributed by atoms with Gasteiger partial charge < -0.3 is 10.6 Å². The number of nitrogens with one attached hydrogen (secondary N) is 2. The summed E-state index contributed by atoms with van der Waals surface area (Å²) in [6, 6.07) is 5.57. The van der Waals surface area contributed by atoms with E-state index >= 15 is 0 Å². The number of aryl methyl sites for hydroxylation is 2. The highest BCUT2D eigenvalue weighted by molar-refractivity contribution is 7.89. The molecule has 0 aliphatic carbocycles. The van der Waals surface area contributed by atoms with Gasteiger partial charge in [-0.05, 0) is 31.0 Å². The van der Waals surface area contributed by atoms with Gasteiger partial charge in [-0.25, -0.2) is 8.42 Å². The minimum Gasteiger partial charge on any atom is -0.314 e. The van der Waals surface area contributed by atoms with E-state index in [2.05, 4.69) is 10.6 Å². The molecular weight excluding hydrogens is 274 g/mol. The standard InChI is InChI=1S/C14H23N3O2S/c1-12-3-4-13(2)14(11-12)20(18,19)17-9-7-15-5-6-16-8-10-17/h3-4,11,15-16H,5-10H2,1-2H3. The van der Waals surface area contributed by atoms with Gasteiger partial charge in [0.25, 0.3) is 0 Å². The monoisotopic (exact) mass is 297 g/mol. The van der Waals surface area contributed by atoms with E-state index < -0.39 is 10.0 Å². The molecule has 0 saturated carbocycles. The van der Waals surface area contributed by atoms with Gasteiger partial charge in [0, 0.05) is 39.3 Å². The van der Waals surface area contributed by atoms with Crippen LogP contribution in [0.1, 0.15) is 11.1 Å². The number of benzene rings is 1. The lowest BCUT2D eigenvalue weighted by Crippen LogP contribution is -2.39. The van der Waals surface area contributed by atoms with Gasteiger partial charge in [-0.1, -0.05) is 12.1 Å². The summed E-state index contributed by atoms with van der Waals surface area (Å²) in [7, 11) is -3.42. The van der Waals surface area contributed by atoms with Crippen molar-refractivity contribution < 1.29 is 8.42 Å². The Morgan fingerprint density at radius 1 is 1.00 bits per heavy atom. The van der Waals surface area contributed by atoms with Crippen LogP contribution in [-0.4, -0.2) is 52.0 Å². The number of nitrogens with zero attached hydrogens (tertiary/aromatic N) is 1. The second-order valence-electron chi connectivity index (χ2n) is 5.17. The molecule has 2 N–H and O–H groups in total. The molecule has 0 atom stereocenters. The molecule has 0 radical (unpaired) electrons. The third-order valence-electron chi connectivity index (χ3n) is 3.52. The van der Waals surface area contributed by atoms with Crippen molar-refractivity contribution in [1.29, 1.82) is 0 Å². The Morgan fingerprint density at radius 3 is 2.20 bits per heavy atom. The fourth-order valence-electron chi connectivity index (χ4n) is 2.31. The Bertz CT molecular complexity index is 548. The smallest absolute Gasteiger partial charge is 0.243 e. The number of hydrogen-bond donors (Lipinski definition) is 2. The van der Waals surface area contributed by atoms with Gasteiger partial charge in [0.05, 0.1) is 4.90 Å². The van der Waals surface area contributed by atoms with Crippen molar-refractivity contribution in [2.45, 2.75) is 18.7 Å². The van der Waals surface area contributed by atoms with Crippen LogP contribution >= 0.6 is 0 Å². The quantitative estimate of drug-likeness (QED) is 0.834. The van der Waals surface area contributed by atoms with Gasteiger partial charge in [-0.15, -0.1) is 0 Å². The van der Waals surface area contributed by atoms with Crippen molar-refractivity contribution in [1.82, 2.24) is 14.9 Å². The summed E-state index contributed by atoms with van der Waals surface area (Å²) in [4.78, 5) is 0.428.